The van der Waals surface area contributed by atoms with E-state index >= 15 is 0 Å². The van der Waals surface area contributed by atoms with Crippen LogP contribution in [0.25, 0.3) is 32.7 Å². The topological polar surface area (TPSA) is 16.4 Å². The molecular weight excluding hydrogens is 332 g/mol. The van der Waals surface area contributed by atoms with Crippen LogP contribution in [0.4, 0.5) is 5.69 Å². The summed E-state index contributed by atoms with van der Waals surface area (Å²) in [5.41, 5.74) is 4.24. The second-order valence-corrected chi connectivity index (χ2v) is 8.52. The molecule has 1 aliphatic heterocycles. The molecule has 27 heavy (non-hydrogen) atoms. The first-order chi connectivity index (χ1) is 12.8. The van der Waals surface area contributed by atoms with Gasteiger partial charge in [0.25, 0.3) is 0 Å². The van der Waals surface area contributed by atoms with Crippen LogP contribution in [0.1, 0.15) is 19.4 Å². The minimum absolute atomic E-state index is 0.112. The maximum atomic E-state index is 6.46. The van der Waals surface area contributed by atoms with Gasteiger partial charge < -0.3 is 4.42 Å². The van der Waals surface area contributed by atoms with Crippen LogP contribution in [0.3, 0.4) is 0 Å². The summed E-state index contributed by atoms with van der Waals surface area (Å²) in [6.07, 6.45) is 4.47. The summed E-state index contributed by atoms with van der Waals surface area (Å²) in [5, 5.41) is 4.93. The van der Waals surface area contributed by atoms with Gasteiger partial charge in [0.15, 0.2) is 11.2 Å². The van der Waals surface area contributed by atoms with Crippen LogP contribution in [0.5, 0.6) is 0 Å². The Bertz CT molecular complexity index is 1240. The van der Waals surface area contributed by atoms with Crippen molar-refractivity contribution in [1.82, 2.24) is 0 Å². The molecule has 1 aliphatic rings. The Labute approximate surface area is 159 Å². The Morgan fingerprint density at radius 3 is 2.19 bits per heavy atom. The normalized spacial score (nSPS) is 18.2. The second-order valence-electron chi connectivity index (χ2n) is 8.52. The maximum Gasteiger partial charge on any atom is 0.176 e. The number of nitrogens with zero attached hydrogens (tertiary/aromatic N) is 2. The van der Waals surface area contributed by atoms with Gasteiger partial charge in [0.05, 0.1) is 26.0 Å². The van der Waals surface area contributed by atoms with Crippen molar-refractivity contribution in [2.75, 3.05) is 19.0 Å². The lowest BCUT2D eigenvalue weighted by Gasteiger charge is -2.42. The molecule has 5 rings (SSSR count). The van der Waals surface area contributed by atoms with Gasteiger partial charge in [-0.2, -0.15) is 0 Å². The number of furan rings is 1. The van der Waals surface area contributed by atoms with Gasteiger partial charge >= 0.3 is 0 Å². The number of quaternary nitrogens is 1. The van der Waals surface area contributed by atoms with Gasteiger partial charge in [0.2, 0.25) is 0 Å². The van der Waals surface area contributed by atoms with Gasteiger partial charge in [-0.1, -0.05) is 42.5 Å². The van der Waals surface area contributed by atoms with Crippen LogP contribution in [-0.2, 0) is 0 Å². The van der Waals surface area contributed by atoms with Gasteiger partial charge in [0.1, 0.15) is 11.8 Å². The number of benzene rings is 3. The molecule has 0 atom stereocenters. The van der Waals surface area contributed by atoms with Crippen molar-refractivity contribution < 1.29 is 8.90 Å². The summed E-state index contributed by atoms with van der Waals surface area (Å²) < 4.78 is 7.26. The average Bonchev–Trinajstić information content (AvgIpc) is 3.12. The van der Waals surface area contributed by atoms with E-state index in [4.69, 9.17) is 4.42 Å². The Kier molecular flexibility index (Phi) is 3.12. The Balaban J connectivity index is 1.98. The van der Waals surface area contributed by atoms with Gasteiger partial charge in [-0.3, -0.25) is 9.38 Å². The molecular formula is C24H25N2O+. The number of anilines is 1. The molecule has 0 saturated heterocycles. The first-order valence-corrected chi connectivity index (χ1v) is 9.48. The van der Waals surface area contributed by atoms with E-state index < -0.39 is 0 Å². The largest absolute Gasteiger partial charge is 0.454 e. The van der Waals surface area contributed by atoms with Crippen LogP contribution in [0.15, 0.2) is 65.3 Å². The highest BCUT2D eigenvalue weighted by Crippen LogP contribution is 2.47. The SMILES string of the molecule is Cc1c(N2C=C[N+](C)(C)C2(C)C)c2oc3ccccc3c2c2ccccc12. The molecule has 136 valence electrons. The van der Waals surface area contributed by atoms with Crippen LogP contribution in [-0.4, -0.2) is 24.2 Å². The Morgan fingerprint density at radius 1 is 0.889 bits per heavy atom. The van der Waals surface area contributed by atoms with Gasteiger partial charge in [-0.25, -0.2) is 0 Å². The molecule has 0 amide bonds. The molecule has 0 radical (unpaired) electrons. The minimum Gasteiger partial charge on any atom is -0.454 e. The Morgan fingerprint density at radius 2 is 1.52 bits per heavy atom. The van der Waals surface area contributed by atoms with Crippen molar-refractivity contribution >= 4 is 38.4 Å². The molecule has 0 bridgehead atoms. The van der Waals surface area contributed by atoms with E-state index in [0.29, 0.717) is 0 Å². The average molecular weight is 357 g/mol. The van der Waals surface area contributed by atoms with E-state index in [1.165, 1.54) is 32.8 Å². The second kappa shape index (κ2) is 5.14. The maximum absolute atomic E-state index is 6.46. The van der Waals surface area contributed by atoms with E-state index in [9.17, 15) is 0 Å². The summed E-state index contributed by atoms with van der Waals surface area (Å²) in [6, 6.07) is 17.0. The monoisotopic (exact) mass is 357 g/mol. The predicted octanol–water partition coefficient (Wildman–Crippen LogP) is 6.15. The predicted molar refractivity (Wildman–Crippen MR) is 114 cm³/mol. The molecule has 3 heteroatoms. The summed E-state index contributed by atoms with van der Waals surface area (Å²) >= 11 is 0. The summed E-state index contributed by atoms with van der Waals surface area (Å²) in [6.45, 7) is 6.79. The quantitative estimate of drug-likeness (QED) is 0.380. The lowest BCUT2D eigenvalue weighted by Crippen LogP contribution is -2.57. The van der Waals surface area contributed by atoms with Crippen molar-refractivity contribution in [1.29, 1.82) is 0 Å². The number of hydrogen-bond donors (Lipinski definition) is 0. The molecule has 2 heterocycles. The zero-order chi connectivity index (χ0) is 19.0. The van der Waals surface area contributed by atoms with Gasteiger partial charge in [0, 0.05) is 24.6 Å². The van der Waals surface area contributed by atoms with Crippen LogP contribution < -0.4 is 4.90 Å². The highest BCUT2D eigenvalue weighted by Gasteiger charge is 2.46. The van der Waals surface area contributed by atoms with Crippen LogP contribution in [0.2, 0.25) is 0 Å². The molecule has 0 N–H and O–H groups in total. The number of fused-ring (bicyclic) bond motifs is 5. The zero-order valence-corrected chi connectivity index (χ0v) is 16.6. The van der Waals surface area contributed by atoms with E-state index in [1.54, 1.807) is 0 Å². The molecule has 0 fully saturated rings. The van der Waals surface area contributed by atoms with Crippen molar-refractivity contribution in [3.8, 4) is 0 Å². The number of para-hydroxylation sites is 1. The standard InChI is InChI=1S/C24H25N2O/c1-16-17-10-6-7-11-18(17)21-19-12-8-9-13-20(19)27-23(21)22(16)25-14-15-26(4,5)24(25,2)3/h6-15H,1-5H3/q+1. The first-order valence-electron chi connectivity index (χ1n) is 9.48. The fourth-order valence-corrected chi connectivity index (χ4v) is 4.32. The minimum atomic E-state index is -0.112. The van der Waals surface area contributed by atoms with Crippen molar-refractivity contribution in [2.45, 2.75) is 26.4 Å². The molecule has 0 saturated carbocycles. The number of rotatable bonds is 1. The molecule has 0 spiro atoms. The summed E-state index contributed by atoms with van der Waals surface area (Å²) in [7, 11) is 4.48. The van der Waals surface area contributed by atoms with E-state index in [-0.39, 0.29) is 5.66 Å². The van der Waals surface area contributed by atoms with Crippen LogP contribution >= 0.6 is 0 Å². The van der Waals surface area contributed by atoms with Crippen molar-refractivity contribution in [3.05, 3.63) is 66.5 Å². The lowest BCUT2D eigenvalue weighted by molar-refractivity contribution is -0.882. The fourth-order valence-electron chi connectivity index (χ4n) is 4.32. The van der Waals surface area contributed by atoms with Gasteiger partial charge in [-0.15, -0.1) is 0 Å². The number of hydrogen-bond acceptors (Lipinski definition) is 2. The van der Waals surface area contributed by atoms with Crippen LogP contribution in [0, 0.1) is 6.92 Å². The number of aryl methyl sites for hydroxylation is 1. The fraction of sp³-hybridized carbons (Fsp3) is 0.250. The molecule has 0 aliphatic carbocycles. The summed E-state index contributed by atoms with van der Waals surface area (Å²) in [5.74, 6) is 0. The first kappa shape index (κ1) is 16.4. The molecule has 4 aromatic rings. The molecule has 3 aromatic carbocycles. The summed E-state index contributed by atoms with van der Waals surface area (Å²) in [4.78, 5) is 2.39. The van der Waals surface area contributed by atoms with Crippen molar-refractivity contribution in [2.24, 2.45) is 0 Å². The van der Waals surface area contributed by atoms with Gasteiger partial charge in [-0.05, 0) is 29.3 Å². The highest BCUT2D eigenvalue weighted by atomic mass is 16.3. The Hall–Kier alpha value is -2.78. The van der Waals surface area contributed by atoms with E-state index in [0.717, 1.165) is 15.6 Å². The highest BCUT2D eigenvalue weighted by molar-refractivity contribution is 6.23. The third-order valence-electron chi connectivity index (χ3n) is 6.60. The molecule has 1 aromatic heterocycles. The third-order valence-corrected chi connectivity index (χ3v) is 6.60. The molecule has 0 unspecified atom stereocenters. The van der Waals surface area contributed by atoms with E-state index in [1.807, 2.05) is 6.07 Å². The zero-order valence-electron chi connectivity index (χ0n) is 16.6. The smallest absolute Gasteiger partial charge is 0.176 e. The molecule has 3 nitrogen and oxygen atoms in total. The van der Waals surface area contributed by atoms with Crippen molar-refractivity contribution in [3.63, 3.8) is 0 Å². The lowest BCUT2D eigenvalue weighted by atomic mass is 9.96. The van der Waals surface area contributed by atoms with E-state index in [2.05, 4.69) is 94.6 Å². The third kappa shape index (κ3) is 2.00.